The highest BCUT2D eigenvalue weighted by atomic mass is 32.1. The highest BCUT2D eigenvalue weighted by Crippen LogP contribution is 2.21. The van der Waals surface area contributed by atoms with Crippen LogP contribution in [0.4, 0.5) is 5.69 Å². The van der Waals surface area contributed by atoms with Crippen LogP contribution in [0.2, 0.25) is 0 Å². The van der Waals surface area contributed by atoms with Gasteiger partial charge in [-0.05, 0) is 43.0 Å². The number of hydrogen-bond donors (Lipinski definition) is 0. The van der Waals surface area contributed by atoms with E-state index in [0.717, 1.165) is 6.42 Å². The van der Waals surface area contributed by atoms with Crippen LogP contribution in [0.3, 0.4) is 0 Å². The Kier molecular flexibility index (Phi) is 5.48. The van der Waals surface area contributed by atoms with Crippen LogP contribution in [0.25, 0.3) is 0 Å². The van der Waals surface area contributed by atoms with Crippen molar-refractivity contribution in [2.45, 2.75) is 19.9 Å². The largest absolute Gasteiger partial charge is 0.467 e. The Hall–Kier alpha value is -2.93. The summed E-state index contributed by atoms with van der Waals surface area (Å²) in [6.45, 7) is 2.48. The fourth-order valence-electron chi connectivity index (χ4n) is 2.66. The van der Waals surface area contributed by atoms with Crippen LogP contribution < -0.4 is 0 Å². The minimum atomic E-state index is -0.464. The minimum Gasteiger partial charge on any atom is -0.467 e. The third kappa shape index (κ3) is 4.18. The van der Waals surface area contributed by atoms with Crippen LogP contribution in [-0.2, 0) is 13.0 Å². The summed E-state index contributed by atoms with van der Waals surface area (Å²) in [6, 6.07) is 12.2. The number of nitro groups is 1. The lowest BCUT2D eigenvalue weighted by molar-refractivity contribution is -0.385. The van der Waals surface area contributed by atoms with Crippen LogP contribution in [-0.4, -0.2) is 22.3 Å². The molecule has 0 fully saturated rings. The Morgan fingerprint density at radius 3 is 2.77 bits per heavy atom. The molecule has 0 aliphatic heterocycles. The summed E-state index contributed by atoms with van der Waals surface area (Å²) in [5.41, 5.74) is 0.787. The van der Waals surface area contributed by atoms with E-state index in [9.17, 15) is 14.9 Å². The first kappa shape index (κ1) is 17.9. The lowest BCUT2D eigenvalue weighted by Gasteiger charge is -2.21. The first-order valence-corrected chi connectivity index (χ1v) is 9.01. The van der Waals surface area contributed by atoms with Gasteiger partial charge in [-0.2, -0.15) is 0 Å². The Bertz CT molecular complexity index is 888. The number of nitrogens with zero attached hydrogens (tertiary/aromatic N) is 2. The van der Waals surface area contributed by atoms with E-state index in [1.165, 1.54) is 10.9 Å². The molecule has 0 saturated heterocycles. The summed E-state index contributed by atoms with van der Waals surface area (Å²) in [7, 11) is 0. The van der Waals surface area contributed by atoms with E-state index in [-0.39, 0.29) is 11.6 Å². The summed E-state index contributed by atoms with van der Waals surface area (Å²) in [4.78, 5) is 26.5. The number of rotatable bonds is 7. The first-order valence-electron chi connectivity index (χ1n) is 8.13. The molecule has 26 heavy (non-hydrogen) atoms. The second-order valence-corrected chi connectivity index (χ2v) is 6.93. The van der Waals surface area contributed by atoms with Crippen molar-refractivity contribution >= 4 is 22.9 Å². The first-order chi connectivity index (χ1) is 12.5. The van der Waals surface area contributed by atoms with E-state index in [2.05, 4.69) is 0 Å². The van der Waals surface area contributed by atoms with Gasteiger partial charge in [-0.25, -0.2) is 0 Å². The Morgan fingerprint density at radius 2 is 2.12 bits per heavy atom. The standard InChI is InChI=1S/C19H18N2O4S/c1-14-6-7-15(12-18(14)21(23)24)19(22)20(13-16-4-2-10-25-16)9-8-17-5-3-11-26-17/h2-7,10-12H,8-9,13H2,1H3. The molecule has 2 aromatic heterocycles. The van der Waals surface area contributed by atoms with Crippen LogP contribution in [0, 0.1) is 17.0 Å². The van der Waals surface area contributed by atoms with Gasteiger partial charge < -0.3 is 9.32 Å². The smallest absolute Gasteiger partial charge is 0.273 e. The van der Waals surface area contributed by atoms with Crippen LogP contribution in [0.5, 0.6) is 0 Å². The molecule has 0 unspecified atom stereocenters. The minimum absolute atomic E-state index is 0.0490. The predicted octanol–water partition coefficient (Wildman–Crippen LogP) is 4.44. The second kappa shape index (κ2) is 7.97. The maximum Gasteiger partial charge on any atom is 0.273 e. The Morgan fingerprint density at radius 1 is 1.27 bits per heavy atom. The fraction of sp³-hybridized carbons (Fsp3) is 0.211. The number of nitro benzene ring substituents is 1. The van der Waals surface area contributed by atoms with Crippen molar-refractivity contribution in [2.24, 2.45) is 0 Å². The number of hydrogen-bond acceptors (Lipinski definition) is 5. The second-order valence-electron chi connectivity index (χ2n) is 5.89. The van der Waals surface area contributed by atoms with Crippen LogP contribution in [0.15, 0.2) is 58.5 Å². The van der Waals surface area contributed by atoms with Crippen LogP contribution in [0.1, 0.15) is 26.6 Å². The summed E-state index contributed by atoms with van der Waals surface area (Å²) in [5.74, 6) is 0.423. The number of thiophene rings is 1. The van der Waals surface area contributed by atoms with Gasteiger partial charge in [0.1, 0.15) is 5.76 Å². The molecule has 0 atom stereocenters. The molecule has 1 aromatic carbocycles. The molecule has 0 aliphatic rings. The number of carbonyl (C=O) groups excluding carboxylic acids is 1. The summed E-state index contributed by atoms with van der Waals surface area (Å²) in [6.07, 6.45) is 2.28. The van der Waals surface area contributed by atoms with Crippen molar-refractivity contribution in [3.63, 3.8) is 0 Å². The van der Waals surface area contributed by atoms with Crippen molar-refractivity contribution < 1.29 is 14.1 Å². The summed E-state index contributed by atoms with van der Waals surface area (Å²) in [5, 5.41) is 13.2. The van der Waals surface area contributed by atoms with Gasteiger partial charge in [-0.15, -0.1) is 11.3 Å². The van der Waals surface area contributed by atoms with Crippen molar-refractivity contribution in [3.8, 4) is 0 Å². The molecular weight excluding hydrogens is 352 g/mol. The molecule has 3 aromatic rings. The average Bonchev–Trinajstić information content (AvgIpc) is 3.32. The fourth-order valence-corrected chi connectivity index (χ4v) is 3.36. The predicted molar refractivity (Wildman–Crippen MR) is 99.3 cm³/mol. The van der Waals surface area contributed by atoms with Gasteiger partial charge in [-0.3, -0.25) is 14.9 Å². The maximum atomic E-state index is 13.0. The zero-order valence-electron chi connectivity index (χ0n) is 14.3. The summed E-state index contributed by atoms with van der Waals surface area (Å²) < 4.78 is 5.37. The maximum absolute atomic E-state index is 13.0. The molecule has 0 N–H and O–H groups in total. The molecule has 0 spiro atoms. The molecular formula is C19H18N2O4S. The van der Waals surface area contributed by atoms with Crippen molar-refractivity contribution in [1.82, 2.24) is 4.90 Å². The normalized spacial score (nSPS) is 10.7. The Labute approximate surface area is 154 Å². The van der Waals surface area contributed by atoms with Crippen molar-refractivity contribution in [1.29, 1.82) is 0 Å². The Balaban J connectivity index is 1.83. The van der Waals surface area contributed by atoms with Gasteiger partial charge in [0.15, 0.2) is 0 Å². The molecule has 6 nitrogen and oxygen atoms in total. The molecule has 7 heteroatoms. The van der Waals surface area contributed by atoms with Gasteiger partial charge >= 0.3 is 0 Å². The number of benzene rings is 1. The molecule has 0 bridgehead atoms. The number of amides is 1. The topological polar surface area (TPSA) is 76.6 Å². The molecule has 0 saturated carbocycles. The van der Waals surface area contributed by atoms with E-state index in [1.54, 1.807) is 47.6 Å². The number of carbonyl (C=O) groups is 1. The highest BCUT2D eigenvalue weighted by molar-refractivity contribution is 7.09. The molecule has 0 radical (unpaired) electrons. The number of furan rings is 1. The molecule has 1 amide bonds. The zero-order valence-corrected chi connectivity index (χ0v) is 15.1. The van der Waals surface area contributed by atoms with E-state index in [0.29, 0.717) is 30.0 Å². The van der Waals surface area contributed by atoms with Gasteiger partial charge in [0, 0.05) is 28.6 Å². The van der Waals surface area contributed by atoms with Crippen LogP contribution >= 0.6 is 11.3 Å². The molecule has 0 aliphatic carbocycles. The van der Waals surface area contributed by atoms with E-state index >= 15 is 0 Å². The van der Waals surface area contributed by atoms with Crippen molar-refractivity contribution in [3.05, 3.63) is 86.0 Å². The summed E-state index contributed by atoms with van der Waals surface area (Å²) >= 11 is 1.64. The monoisotopic (exact) mass is 370 g/mol. The van der Waals surface area contributed by atoms with Crippen molar-refractivity contribution in [2.75, 3.05) is 6.54 Å². The van der Waals surface area contributed by atoms with E-state index in [4.69, 9.17) is 4.42 Å². The lowest BCUT2D eigenvalue weighted by Crippen LogP contribution is -2.32. The molecule has 2 heterocycles. The van der Waals surface area contributed by atoms with Gasteiger partial charge in [0.2, 0.25) is 0 Å². The molecule has 134 valence electrons. The lowest BCUT2D eigenvalue weighted by atomic mass is 10.1. The van der Waals surface area contributed by atoms with Gasteiger partial charge in [0.05, 0.1) is 17.7 Å². The SMILES string of the molecule is Cc1ccc(C(=O)N(CCc2cccs2)Cc2ccco2)cc1[N+](=O)[O-]. The van der Waals surface area contributed by atoms with E-state index in [1.807, 2.05) is 23.6 Å². The third-order valence-corrected chi connectivity index (χ3v) is 5.01. The van der Waals surface area contributed by atoms with Gasteiger partial charge in [-0.1, -0.05) is 12.1 Å². The number of aryl methyl sites for hydroxylation is 1. The van der Waals surface area contributed by atoms with Gasteiger partial charge in [0.25, 0.3) is 11.6 Å². The highest BCUT2D eigenvalue weighted by Gasteiger charge is 2.21. The quantitative estimate of drug-likeness (QED) is 0.455. The average molecular weight is 370 g/mol. The van der Waals surface area contributed by atoms with E-state index < -0.39 is 4.92 Å². The zero-order chi connectivity index (χ0) is 18.5. The molecule has 3 rings (SSSR count). The third-order valence-electron chi connectivity index (χ3n) is 4.08.